The number of carboxylic acids is 1. The topological polar surface area (TPSA) is 105 Å². The number of likely N-dealkylation sites (tertiary alicyclic amines) is 1. The van der Waals surface area contributed by atoms with Crippen molar-refractivity contribution < 1.29 is 29.0 Å². The second-order valence-corrected chi connectivity index (χ2v) is 13.4. The van der Waals surface area contributed by atoms with E-state index in [0.29, 0.717) is 49.2 Å². The van der Waals surface area contributed by atoms with Gasteiger partial charge in [-0.05, 0) is 98.9 Å². The average Bonchev–Trinajstić information content (AvgIpc) is 3.01. The van der Waals surface area contributed by atoms with Crippen molar-refractivity contribution in [2.75, 3.05) is 25.1 Å². The zero-order valence-electron chi connectivity index (χ0n) is 26.8. The fourth-order valence-corrected chi connectivity index (χ4v) is 6.03. The molecule has 1 fully saturated rings. The van der Waals surface area contributed by atoms with Crippen molar-refractivity contribution in [1.29, 1.82) is 0 Å². The predicted molar refractivity (Wildman–Crippen MR) is 178 cm³/mol. The molecule has 0 radical (unpaired) electrons. The molecule has 0 aliphatic carbocycles. The summed E-state index contributed by atoms with van der Waals surface area (Å²) in [6.45, 7) is 8.86. The smallest absolute Gasteiger partial charge is 0.410 e. The van der Waals surface area contributed by atoms with Crippen LogP contribution in [0.5, 0.6) is 0 Å². The van der Waals surface area contributed by atoms with Crippen LogP contribution in [-0.4, -0.2) is 64.7 Å². The van der Waals surface area contributed by atoms with Gasteiger partial charge in [0.15, 0.2) is 0 Å². The van der Waals surface area contributed by atoms with Gasteiger partial charge in [0.25, 0.3) is 5.91 Å². The number of piperidine rings is 1. The molecule has 45 heavy (non-hydrogen) atoms. The zero-order valence-corrected chi connectivity index (χ0v) is 27.6. The van der Waals surface area contributed by atoms with E-state index in [-0.39, 0.29) is 12.7 Å². The van der Waals surface area contributed by atoms with Crippen molar-refractivity contribution in [3.63, 3.8) is 0 Å². The van der Waals surface area contributed by atoms with Gasteiger partial charge in [-0.1, -0.05) is 60.7 Å². The summed E-state index contributed by atoms with van der Waals surface area (Å²) in [5.41, 5.74) is 3.77. The molecular formula is C36H44N2O6S. The second kappa shape index (κ2) is 15.0. The number of carboxylic acid groups (broad SMARTS) is 1. The Labute approximate surface area is 270 Å². The first kappa shape index (κ1) is 34.1. The van der Waals surface area contributed by atoms with E-state index < -0.39 is 29.1 Å². The number of carbonyl (C=O) groups is 3. The van der Waals surface area contributed by atoms with E-state index in [9.17, 15) is 19.5 Å². The zero-order chi connectivity index (χ0) is 32.6. The van der Waals surface area contributed by atoms with Gasteiger partial charge >= 0.3 is 12.1 Å². The van der Waals surface area contributed by atoms with Gasteiger partial charge in [-0.2, -0.15) is 11.8 Å². The minimum absolute atomic E-state index is 0.285. The third kappa shape index (κ3) is 8.89. The maximum atomic E-state index is 13.5. The summed E-state index contributed by atoms with van der Waals surface area (Å²) < 4.78 is 12.4. The Morgan fingerprint density at radius 1 is 0.978 bits per heavy atom. The van der Waals surface area contributed by atoms with E-state index in [1.54, 1.807) is 11.0 Å². The van der Waals surface area contributed by atoms with Gasteiger partial charge in [-0.25, -0.2) is 9.59 Å². The quantitative estimate of drug-likeness (QED) is 0.234. The normalized spacial score (nSPS) is 15.3. The SMILES string of the molecule is CSCCC(NC(=O)c1ccc(COC2(c3ccccc3)CCN(C(=O)OC(C)(C)C)CC2)cc1-c1ccccc1C)C(=O)O. The van der Waals surface area contributed by atoms with Gasteiger partial charge < -0.3 is 24.8 Å². The van der Waals surface area contributed by atoms with Gasteiger partial charge in [-0.3, -0.25) is 4.79 Å². The number of hydrogen-bond donors (Lipinski definition) is 2. The van der Waals surface area contributed by atoms with Crippen LogP contribution in [-0.2, 0) is 26.5 Å². The standard InChI is InChI=1S/C36H44N2O6S/c1-25-11-9-10-14-28(25)30-23-26(15-16-29(30)32(39)37-31(33(40)41)17-22-45-5)24-43-36(27-12-7-6-8-13-27)18-20-38(21-19-36)34(42)44-35(2,3)4/h6-16,23,31H,17-22,24H2,1-5H3,(H,37,39)(H,40,41). The maximum Gasteiger partial charge on any atom is 0.410 e. The summed E-state index contributed by atoms with van der Waals surface area (Å²) >= 11 is 1.54. The number of thioether (sulfide) groups is 1. The van der Waals surface area contributed by atoms with Gasteiger partial charge in [0.05, 0.1) is 12.2 Å². The number of amides is 2. The molecule has 240 valence electrons. The van der Waals surface area contributed by atoms with E-state index in [1.807, 2.05) is 88.5 Å². The minimum Gasteiger partial charge on any atom is -0.480 e. The van der Waals surface area contributed by atoms with E-state index in [1.165, 1.54) is 11.8 Å². The van der Waals surface area contributed by atoms with Crippen LogP contribution in [0.3, 0.4) is 0 Å². The number of aryl methyl sites for hydroxylation is 1. The Hall–Kier alpha value is -3.82. The molecule has 3 aromatic rings. The van der Waals surface area contributed by atoms with Crippen LogP contribution >= 0.6 is 11.8 Å². The number of nitrogens with one attached hydrogen (secondary N) is 1. The molecule has 1 unspecified atom stereocenters. The highest BCUT2D eigenvalue weighted by Gasteiger charge is 2.39. The molecule has 0 aromatic heterocycles. The highest BCUT2D eigenvalue weighted by atomic mass is 32.2. The second-order valence-electron chi connectivity index (χ2n) is 12.5. The van der Waals surface area contributed by atoms with Crippen LogP contribution in [0.2, 0.25) is 0 Å². The van der Waals surface area contributed by atoms with E-state index >= 15 is 0 Å². The van der Waals surface area contributed by atoms with E-state index in [4.69, 9.17) is 9.47 Å². The summed E-state index contributed by atoms with van der Waals surface area (Å²) in [7, 11) is 0. The average molecular weight is 633 g/mol. The van der Waals surface area contributed by atoms with E-state index in [0.717, 1.165) is 22.3 Å². The van der Waals surface area contributed by atoms with Gasteiger partial charge in [0, 0.05) is 18.7 Å². The molecule has 1 aliphatic rings. The lowest BCUT2D eigenvalue weighted by atomic mass is 9.84. The predicted octanol–water partition coefficient (Wildman–Crippen LogP) is 7.04. The molecule has 1 atom stereocenters. The van der Waals surface area contributed by atoms with Crippen LogP contribution in [0, 0.1) is 6.92 Å². The number of benzene rings is 3. The van der Waals surface area contributed by atoms with Crippen molar-refractivity contribution in [2.45, 2.75) is 70.8 Å². The van der Waals surface area contributed by atoms with Gasteiger partial charge in [-0.15, -0.1) is 0 Å². The van der Waals surface area contributed by atoms with Crippen LogP contribution in [0.1, 0.15) is 67.1 Å². The molecule has 0 bridgehead atoms. The summed E-state index contributed by atoms with van der Waals surface area (Å²) in [5, 5.41) is 12.4. The van der Waals surface area contributed by atoms with Crippen molar-refractivity contribution in [2.24, 2.45) is 0 Å². The third-order valence-corrected chi connectivity index (χ3v) is 8.66. The van der Waals surface area contributed by atoms with Crippen LogP contribution in [0.15, 0.2) is 72.8 Å². The summed E-state index contributed by atoms with van der Waals surface area (Å²) in [5.74, 6) is -0.857. The molecule has 4 rings (SSSR count). The summed E-state index contributed by atoms with van der Waals surface area (Å²) in [6.07, 6.45) is 3.13. The van der Waals surface area contributed by atoms with E-state index in [2.05, 4.69) is 17.4 Å². The van der Waals surface area contributed by atoms with Crippen molar-refractivity contribution in [1.82, 2.24) is 10.2 Å². The monoisotopic (exact) mass is 632 g/mol. The number of carbonyl (C=O) groups excluding carboxylic acids is 2. The Morgan fingerprint density at radius 3 is 2.27 bits per heavy atom. The number of aliphatic carboxylic acids is 1. The lowest BCUT2D eigenvalue weighted by molar-refractivity contribution is -0.139. The van der Waals surface area contributed by atoms with Gasteiger partial charge in [0.1, 0.15) is 11.6 Å². The lowest BCUT2D eigenvalue weighted by Crippen LogP contribution is -2.47. The van der Waals surface area contributed by atoms with Crippen molar-refractivity contribution >= 4 is 29.7 Å². The summed E-state index contributed by atoms with van der Waals surface area (Å²) in [6, 6.07) is 22.5. The molecular weight excluding hydrogens is 588 g/mol. The molecule has 3 aromatic carbocycles. The Morgan fingerprint density at radius 2 is 1.64 bits per heavy atom. The highest BCUT2D eigenvalue weighted by molar-refractivity contribution is 7.98. The molecule has 2 amide bonds. The molecule has 1 aliphatic heterocycles. The number of rotatable bonds is 11. The lowest BCUT2D eigenvalue weighted by Gasteiger charge is -2.42. The fourth-order valence-electron chi connectivity index (χ4n) is 5.56. The van der Waals surface area contributed by atoms with Crippen LogP contribution in [0.25, 0.3) is 11.1 Å². The molecule has 2 N–H and O–H groups in total. The number of ether oxygens (including phenoxy) is 2. The first-order chi connectivity index (χ1) is 21.4. The van der Waals surface area contributed by atoms with Crippen molar-refractivity contribution in [3.05, 3.63) is 95.1 Å². The molecule has 1 saturated heterocycles. The van der Waals surface area contributed by atoms with Crippen molar-refractivity contribution in [3.8, 4) is 11.1 Å². The largest absolute Gasteiger partial charge is 0.480 e. The number of nitrogens with zero attached hydrogens (tertiary/aromatic N) is 1. The van der Waals surface area contributed by atoms with Crippen LogP contribution < -0.4 is 5.32 Å². The van der Waals surface area contributed by atoms with Gasteiger partial charge in [0.2, 0.25) is 0 Å². The summed E-state index contributed by atoms with van der Waals surface area (Å²) in [4.78, 5) is 39.9. The molecule has 0 saturated carbocycles. The number of hydrogen-bond acceptors (Lipinski definition) is 6. The Kier molecular flexibility index (Phi) is 11.3. The molecule has 8 nitrogen and oxygen atoms in total. The Balaban J connectivity index is 1.61. The molecule has 0 spiro atoms. The first-order valence-electron chi connectivity index (χ1n) is 15.3. The molecule has 9 heteroatoms. The third-order valence-electron chi connectivity index (χ3n) is 8.02. The fraction of sp³-hybridized carbons (Fsp3) is 0.417. The highest BCUT2D eigenvalue weighted by Crippen LogP contribution is 2.38. The molecule has 1 heterocycles. The maximum absolute atomic E-state index is 13.5. The first-order valence-corrected chi connectivity index (χ1v) is 16.7. The Bertz CT molecular complexity index is 1480. The minimum atomic E-state index is -1.05. The van der Waals surface area contributed by atoms with Crippen LogP contribution in [0.4, 0.5) is 4.79 Å².